The Kier molecular flexibility index (Phi) is 13.5. The second kappa shape index (κ2) is 16.5. The molecule has 0 fully saturated rings. The zero-order valence-electron chi connectivity index (χ0n) is 24.7. The molecular weight excluding hydrogens is 581 g/mol. The number of amidine groups is 1. The Morgan fingerprint density at radius 2 is 1.72 bits per heavy atom. The second-order valence-corrected chi connectivity index (χ2v) is 9.88. The Balaban J connectivity index is 0.00000316. The summed E-state index contributed by atoms with van der Waals surface area (Å²) in [4.78, 5) is 28.8. The van der Waals surface area contributed by atoms with Crippen LogP contribution in [0.2, 0.25) is 5.02 Å². The smallest absolute Gasteiger partial charge is 0.376 e. The van der Waals surface area contributed by atoms with Gasteiger partial charge in [-0.2, -0.15) is 13.2 Å². The van der Waals surface area contributed by atoms with Crippen LogP contribution in [0.4, 0.5) is 23.7 Å². The van der Waals surface area contributed by atoms with Crippen molar-refractivity contribution in [1.29, 1.82) is 10.8 Å². The Hall–Kier alpha value is -4.12. The number of amides is 2. The second-order valence-electron chi connectivity index (χ2n) is 9.47. The number of carbonyl (C=O) groups excluding carboxylic acids is 1. The molecule has 0 bridgehead atoms. The Bertz CT molecular complexity index is 1440. The first-order valence-electron chi connectivity index (χ1n) is 14.0. The maximum atomic E-state index is 13.1. The van der Waals surface area contributed by atoms with Gasteiger partial charge in [-0.15, -0.1) is 0 Å². The van der Waals surface area contributed by atoms with Crippen LogP contribution >= 0.6 is 11.6 Å². The third-order valence-corrected chi connectivity index (χ3v) is 6.98. The van der Waals surface area contributed by atoms with E-state index in [1.54, 1.807) is 48.5 Å². The maximum absolute atomic E-state index is 13.1. The summed E-state index contributed by atoms with van der Waals surface area (Å²) in [6.45, 7) is 7.09. The molecule has 3 rings (SSSR count). The molecule has 12 heteroatoms. The molecule has 3 aromatic rings. The van der Waals surface area contributed by atoms with Crippen LogP contribution in [0.5, 0.6) is 0 Å². The average Bonchev–Trinajstić information content (AvgIpc) is 3.00. The molecule has 232 valence electrons. The number of benzene rings is 2. The zero-order chi connectivity index (χ0) is 32.2. The summed E-state index contributed by atoms with van der Waals surface area (Å²) in [5.74, 6) is -0.129. The number of nitrogens with one attached hydrogen (secondary N) is 5. The van der Waals surface area contributed by atoms with Crippen LogP contribution in [0.25, 0.3) is 0 Å². The molecule has 0 aliphatic carbocycles. The summed E-state index contributed by atoms with van der Waals surface area (Å²) in [5, 5.41) is 22.9. The van der Waals surface area contributed by atoms with E-state index in [0.717, 1.165) is 17.5 Å². The highest BCUT2D eigenvalue weighted by molar-refractivity contribution is 6.31. The van der Waals surface area contributed by atoms with Crippen molar-refractivity contribution >= 4 is 34.9 Å². The number of aromatic nitrogens is 1. The number of alkyl halides is 3. The van der Waals surface area contributed by atoms with E-state index < -0.39 is 43.1 Å². The number of halogens is 4. The van der Waals surface area contributed by atoms with E-state index in [1.807, 2.05) is 27.7 Å². The molecule has 0 spiro atoms. The number of anilines is 1. The fraction of sp³-hybridized carbons (Fsp3) is 0.355. The number of hydrogen-bond acceptors (Lipinski definition) is 5. The standard InChI is InChI=1S/C29H32ClF3N6O2.C2H6/c1-3-18(2)19-8-10-20(11-9-19)26(35)39(15-13-29(31,32)33)28(41)38-17-24(34)22-12-14-36-27(40)25(22)37-16-21-6-4-5-7-23(21)30;1-2/h4-12,14,18,34-35,37H,3,13,15-17H2,1-2H3,(H,36,40)(H,38,41);1-2H3. The highest BCUT2D eigenvalue weighted by Crippen LogP contribution is 2.22. The molecule has 2 aromatic carbocycles. The van der Waals surface area contributed by atoms with Gasteiger partial charge < -0.3 is 21.0 Å². The van der Waals surface area contributed by atoms with E-state index in [9.17, 15) is 22.8 Å². The molecule has 0 saturated heterocycles. The van der Waals surface area contributed by atoms with Gasteiger partial charge in [-0.25, -0.2) is 4.79 Å². The minimum atomic E-state index is -4.54. The molecule has 43 heavy (non-hydrogen) atoms. The highest BCUT2D eigenvalue weighted by atomic mass is 35.5. The fourth-order valence-corrected chi connectivity index (χ4v) is 4.20. The SMILES string of the molecule is CC.CCC(C)c1ccc(C(=N)N(CCC(F)(F)F)C(=O)NCC(=N)c2cc[nH]c(=O)c2NCc2ccccc2Cl)cc1. The van der Waals surface area contributed by atoms with E-state index in [4.69, 9.17) is 22.4 Å². The number of nitrogens with zero attached hydrogens (tertiary/aromatic N) is 1. The topological polar surface area (TPSA) is 125 Å². The number of H-pyrrole nitrogens is 1. The normalized spacial score (nSPS) is 11.5. The van der Waals surface area contributed by atoms with Crippen LogP contribution in [-0.2, 0) is 6.54 Å². The zero-order valence-corrected chi connectivity index (χ0v) is 25.4. The number of rotatable bonds is 11. The van der Waals surface area contributed by atoms with Gasteiger partial charge in [0.05, 0.1) is 18.7 Å². The molecule has 5 N–H and O–H groups in total. The quantitative estimate of drug-likeness (QED) is 0.113. The maximum Gasteiger partial charge on any atom is 0.390 e. The van der Waals surface area contributed by atoms with Crippen molar-refractivity contribution in [2.24, 2.45) is 0 Å². The lowest BCUT2D eigenvalue weighted by molar-refractivity contribution is -0.135. The number of hydrogen-bond donors (Lipinski definition) is 5. The summed E-state index contributed by atoms with van der Waals surface area (Å²) < 4.78 is 39.2. The molecule has 1 aromatic heterocycles. The summed E-state index contributed by atoms with van der Waals surface area (Å²) in [6, 6.07) is 14.3. The first-order valence-corrected chi connectivity index (χ1v) is 14.4. The van der Waals surface area contributed by atoms with Crippen LogP contribution < -0.4 is 16.2 Å². The van der Waals surface area contributed by atoms with E-state index >= 15 is 0 Å². The lowest BCUT2D eigenvalue weighted by atomic mass is 9.97. The van der Waals surface area contributed by atoms with Crippen molar-refractivity contribution in [2.75, 3.05) is 18.4 Å². The van der Waals surface area contributed by atoms with Gasteiger partial charge in [0.25, 0.3) is 5.56 Å². The molecule has 0 aliphatic rings. The highest BCUT2D eigenvalue weighted by Gasteiger charge is 2.31. The molecule has 8 nitrogen and oxygen atoms in total. The van der Waals surface area contributed by atoms with E-state index in [0.29, 0.717) is 9.92 Å². The van der Waals surface area contributed by atoms with E-state index in [1.165, 1.54) is 12.3 Å². The van der Waals surface area contributed by atoms with Crippen molar-refractivity contribution < 1.29 is 18.0 Å². The number of urea groups is 1. The molecular formula is C31H38ClF3N6O2. The van der Waals surface area contributed by atoms with Crippen LogP contribution in [-0.4, -0.2) is 46.7 Å². The van der Waals surface area contributed by atoms with Gasteiger partial charge in [0, 0.05) is 35.4 Å². The van der Waals surface area contributed by atoms with E-state index in [2.05, 4.69) is 15.6 Å². The minimum absolute atomic E-state index is 0.0785. The predicted molar refractivity (Wildman–Crippen MR) is 167 cm³/mol. The summed E-state index contributed by atoms with van der Waals surface area (Å²) >= 11 is 6.19. The minimum Gasteiger partial charge on any atom is -0.376 e. The molecule has 0 radical (unpaired) electrons. The average molecular weight is 619 g/mol. The first-order chi connectivity index (χ1) is 20.4. The van der Waals surface area contributed by atoms with E-state index in [-0.39, 0.29) is 35.0 Å². The van der Waals surface area contributed by atoms with Crippen molar-refractivity contribution in [1.82, 2.24) is 15.2 Å². The van der Waals surface area contributed by atoms with Crippen molar-refractivity contribution in [3.05, 3.63) is 98.4 Å². The van der Waals surface area contributed by atoms with Crippen LogP contribution in [0.3, 0.4) is 0 Å². The lowest BCUT2D eigenvalue weighted by Crippen LogP contribution is -2.46. The molecule has 1 heterocycles. The lowest BCUT2D eigenvalue weighted by Gasteiger charge is -2.25. The third-order valence-electron chi connectivity index (χ3n) is 6.62. The van der Waals surface area contributed by atoms with Gasteiger partial charge in [-0.05, 0) is 35.6 Å². The third kappa shape index (κ3) is 10.3. The van der Waals surface area contributed by atoms with Gasteiger partial charge in [0.1, 0.15) is 11.5 Å². The molecule has 0 saturated carbocycles. The van der Waals surface area contributed by atoms with Crippen molar-refractivity contribution in [3.63, 3.8) is 0 Å². The van der Waals surface area contributed by atoms with Gasteiger partial charge in [0.2, 0.25) is 0 Å². The predicted octanol–water partition coefficient (Wildman–Crippen LogP) is 7.54. The number of carbonyl (C=O) groups is 1. The largest absolute Gasteiger partial charge is 0.390 e. The molecule has 0 aliphatic heterocycles. The molecule has 2 amide bonds. The van der Waals surface area contributed by atoms with Crippen LogP contribution in [0.1, 0.15) is 68.7 Å². The Morgan fingerprint density at radius 1 is 1.07 bits per heavy atom. The summed E-state index contributed by atoms with van der Waals surface area (Å²) in [7, 11) is 0. The molecule has 1 unspecified atom stereocenters. The Labute approximate surface area is 254 Å². The first kappa shape index (κ1) is 35.1. The van der Waals surface area contributed by atoms with Crippen molar-refractivity contribution in [3.8, 4) is 0 Å². The van der Waals surface area contributed by atoms with Crippen molar-refractivity contribution in [2.45, 2.75) is 59.2 Å². The summed E-state index contributed by atoms with van der Waals surface area (Å²) in [5.41, 5.74) is 1.63. The fourth-order valence-electron chi connectivity index (χ4n) is 4.00. The summed E-state index contributed by atoms with van der Waals surface area (Å²) in [6.07, 6.45) is -3.61. The van der Waals surface area contributed by atoms with Gasteiger partial charge in [0.15, 0.2) is 0 Å². The monoisotopic (exact) mass is 618 g/mol. The van der Waals surface area contributed by atoms with Crippen LogP contribution in [0.15, 0.2) is 65.6 Å². The molecule has 1 atom stereocenters. The number of pyridine rings is 1. The van der Waals surface area contributed by atoms with Gasteiger partial charge in [-0.3, -0.25) is 15.1 Å². The van der Waals surface area contributed by atoms with Crippen LogP contribution in [0, 0.1) is 10.8 Å². The Morgan fingerprint density at radius 3 is 2.33 bits per heavy atom. The van der Waals surface area contributed by atoms with Gasteiger partial charge >= 0.3 is 12.2 Å². The number of aromatic amines is 1. The van der Waals surface area contributed by atoms with Gasteiger partial charge in [-0.1, -0.05) is 81.8 Å².